The number of carbonyl (C=O) groups excluding carboxylic acids is 4. The number of esters is 1. The van der Waals surface area contributed by atoms with E-state index in [1.165, 1.54) is 31.4 Å². The molecule has 7 rings (SSSR count). The fraction of sp³-hybridized carbons (Fsp3) is 0.226. The fourth-order valence-electron chi connectivity index (χ4n) is 5.83. The molecular weight excluding hydrogens is 594 g/mol. The maximum atomic E-state index is 15.5. The van der Waals surface area contributed by atoms with Crippen molar-refractivity contribution in [2.45, 2.75) is 18.6 Å². The molecular formula is C31H24F2N4O8. The molecule has 1 atom stereocenters. The summed E-state index contributed by atoms with van der Waals surface area (Å²) in [6.45, 7) is -0.932. The number of ether oxygens (including phenoxy) is 3. The zero-order chi connectivity index (χ0) is 31.5. The molecule has 0 unspecified atom stereocenters. The Balaban J connectivity index is 1.25. The molecule has 0 saturated carbocycles. The second kappa shape index (κ2) is 10.6. The highest BCUT2D eigenvalue weighted by Gasteiger charge is 2.56. The molecule has 1 fully saturated rings. The molecule has 3 aliphatic heterocycles. The van der Waals surface area contributed by atoms with Gasteiger partial charge in [-0.1, -0.05) is 24.3 Å². The van der Waals surface area contributed by atoms with Gasteiger partial charge in [-0.3, -0.25) is 14.5 Å². The number of rotatable bonds is 7. The minimum Gasteiger partial charge on any atom is -0.494 e. The highest BCUT2D eigenvalue weighted by atomic mass is 19.1. The van der Waals surface area contributed by atoms with Crippen LogP contribution in [0.5, 0.6) is 11.5 Å². The van der Waals surface area contributed by atoms with Crippen LogP contribution >= 0.6 is 0 Å². The van der Waals surface area contributed by atoms with Gasteiger partial charge in [-0.05, 0) is 35.9 Å². The molecule has 14 heteroatoms. The summed E-state index contributed by atoms with van der Waals surface area (Å²) >= 11 is 0. The van der Waals surface area contributed by atoms with E-state index in [-0.39, 0.29) is 65.7 Å². The Kier molecular flexibility index (Phi) is 6.66. The van der Waals surface area contributed by atoms with E-state index in [1.54, 1.807) is 35.2 Å². The van der Waals surface area contributed by atoms with Crippen molar-refractivity contribution in [3.05, 3.63) is 94.2 Å². The molecule has 4 amide bonds. The molecule has 0 aliphatic carbocycles. The Bertz CT molecular complexity index is 1910. The lowest BCUT2D eigenvalue weighted by molar-refractivity contribution is -0.136. The van der Waals surface area contributed by atoms with Crippen molar-refractivity contribution in [3.63, 3.8) is 0 Å². The summed E-state index contributed by atoms with van der Waals surface area (Å²) in [5.74, 6) is -3.90. The second-order valence-corrected chi connectivity index (χ2v) is 10.8. The number of fused-ring (bicyclic) bond motifs is 3. The van der Waals surface area contributed by atoms with E-state index in [4.69, 9.17) is 18.6 Å². The molecule has 3 aliphatic rings. The highest BCUT2D eigenvalue weighted by molar-refractivity contribution is 6.08. The van der Waals surface area contributed by atoms with Crippen molar-refractivity contribution < 1.29 is 46.6 Å². The number of benzene rings is 3. The number of carbonyl (C=O) groups is 4. The normalized spacial score (nSPS) is 19.2. The molecule has 1 aromatic heterocycles. The molecule has 4 aromatic rings. The van der Waals surface area contributed by atoms with E-state index < -0.39 is 47.7 Å². The maximum absolute atomic E-state index is 15.5. The predicted octanol–water partition coefficient (Wildman–Crippen LogP) is 3.38. The van der Waals surface area contributed by atoms with Crippen molar-refractivity contribution >= 4 is 34.8 Å². The minimum absolute atomic E-state index is 0.00229. The number of furan rings is 1. The van der Waals surface area contributed by atoms with Gasteiger partial charge in [0, 0.05) is 30.6 Å². The van der Waals surface area contributed by atoms with Gasteiger partial charge in [0.2, 0.25) is 5.82 Å². The Morgan fingerprint density at radius 3 is 2.62 bits per heavy atom. The van der Waals surface area contributed by atoms with Gasteiger partial charge >= 0.3 is 12.0 Å². The summed E-state index contributed by atoms with van der Waals surface area (Å²) < 4.78 is 52.3. The molecule has 0 spiro atoms. The first-order valence-corrected chi connectivity index (χ1v) is 13.8. The number of imide groups is 1. The van der Waals surface area contributed by atoms with Gasteiger partial charge in [0.05, 0.1) is 18.2 Å². The average Bonchev–Trinajstić information content (AvgIpc) is 3.71. The molecule has 12 nitrogen and oxygen atoms in total. The van der Waals surface area contributed by atoms with Crippen molar-refractivity contribution in [2.24, 2.45) is 0 Å². The predicted molar refractivity (Wildman–Crippen MR) is 150 cm³/mol. The Morgan fingerprint density at radius 2 is 1.84 bits per heavy atom. The number of amides is 4. The lowest BCUT2D eigenvalue weighted by Crippen LogP contribution is -2.53. The lowest BCUT2D eigenvalue weighted by atomic mass is 9.94. The van der Waals surface area contributed by atoms with Crippen molar-refractivity contribution in [3.8, 4) is 11.5 Å². The molecule has 3 aromatic carbocycles. The van der Waals surface area contributed by atoms with Gasteiger partial charge in [-0.2, -0.15) is 4.39 Å². The Hall–Kier alpha value is -5.50. The number of urea groups is 1. The molecule has 1 saturated heterocycles. The topological polar surface area (TPSA) is 140 Å². The number of nitrogens with one attached hydrogen (secondary N) is 2. The van der Waals surface area contributed by atoms with Crippen LogP contribution < -0.4 is 20.1 Å². The molecule has 2 N–H and O–H groups in total. The number of methoxy groups -OCH3 is 1. The van der Waals surface area contributed by atoms with Gasteiger partial charge in [0.1, 0.15) is 12.5 Å². The first-order chi connectivity index (χ1) is 21.7. The van der Waals surface area contributed by atoms with Crippen molar-refractivity contribution in [1.29, 1.82) is 0 Å². The van der Waals surface area contributed by atoms with Crippen LogP contribution in [0.4, 0.5) is 13.6 Å². The quantitative estimate of drug-likeness (QED) is 0.236. The standard InChI is InChI=1S/C31H24F2N4O8/c1-42-20-8-7-17-12-36(14-43-25(17)23(20)32)13-31(21-10-18-9-19-11-34-27(38)22(19)24(33)26(18)45-21)29(40)37(30(41)35-31)15-44-28(39)16-5-3-2-4-6-16/h2-10H,11-15H2,1H3,(H,34,38)(H,35,41)/t31-/m0/s1. The van der Waals surface area contributed by atoms with E-state index in [0.717, 1.165) is 0 Å². The Morgan fingerprint density at radius 1 is 1.04 bits per heavy atom. The van der Waals surface area contributed by atoms with Crippen LogP contribution in [0.3, 0.4) is 0 Å². The summed E-state index contributed by atoms with van der Waals surface area (Å²) in [6.07, 6.45) is 0. The van der Waals surface area contributed by atoms with Crippen LogP contribution in [-0.2, 0) is 28.2 Å². The molecule has 230 valence electrons. The molecule has 0 bridgehead atoms. The maximum Gasteiger partial charge on any atom is 0.339 e. The first kappa shape index (κ1) is 28.3. The number of hydrogen-bond acceptors (Lipinski definition) is 9. The Labute approximate surface area is 253 Å². The van der Waals surface area contributed by atoms with E-state index in [1.807, 2.05) is 0 Å². The first-order valence-electron chi connectivity index (χ1n) is 13.8. The van der Waals surface area contributed by atoms with Gasteiger partial charge in [0.15, 0.2) is 35.2 Å². The van der Waals surface area contributed by atoms with Crippen LogP contribution in [0.1, 0.15) is 37.6 Å². The van der Waals surface area contributed by atoms with Gasteiger partial charge < -0.3 is 29.3 Å². The third kappa shape index (κ3) is 4.52. The number of nitrogens with zero attached hydrogens (tertiary/aromatic N) is 2. The van der Waals surface area contributed by atoms with Crippen LogP contribution in [-0.4, -0.2) is 60.7 Å². The van der Waals surface area contributed by atoms with E-state index in [0.29, 0.717) is 16.0 Å². The molecule has 0 radical (unpaired) electrons. The van der Waals surface area contributed by atoms with Crippen molar-refractivity contribution in [2.75, 3.05) is 27.1 Å². The van der Waals surface area contributed by atoms with Crippen LogP contribution in [0, 0.1) is 11.6 Å². The van der Waals surface area contributed by atoms with Crippen LogP contribution in [0.25, 0.3) is 11.0 Å². The summed E-state index contributed by atoms with van der Waals surface area (Å²) in [4.78, 5) is 54.6. The smallest absolute Gasteiger partial charge is 0.339 e. The van der Waals surface area contributed by atoms with Gasteiger partial charge in [0.25, 0.3) is 11.8 Å². The highest BCUT2D eigenvalue weighted by Crippen LogP contribution is 2.39. The summed E-state index contributed by atoms with van der Waals surface area (Å²) in [5, 5.41) is 5.48. The van der Waals surface area contributed by atoms with Gasteiger partial charge in [-0.15, -0.1) is 0 Å². The van der Waals surface area contributed by atoms with Crippen LogP contribution in [0.2, 0.25) is 0 Å². The third-order valence-corrected chi connectivity index (χ3v) is 8.04. The van der Waals surface area contributed by atoms with E-state index in [2.05, 4.69) is 10.6 Å². The summed E-state index contributed by atoms with van der Waals surface area (Å²) in [6, 6.07) is 13.2. The second-order valence-electron chi connectivity index (χ2n) is 10.8. The number of halogens is 2. The average molecular weight is 619 g/mol. The van der Waals surface area contributed by atoms with E-state index in [9.17, 15) is 23.6 Å². The number of hydrogen-bond donors (Lipinski definition) is 2. The SMILES string of the molecule is COc1ccc2c(c1F)OCN(C[C@@]1(c3cc4cc5c(c(F)c4o3)C(=O)NC5)NC(=O)N(COC(=O)c3ccccc3)C1=O)C2. The molecule has 4 heterocycles. The monoisotopic (exact) mass is 618 g/mol. The third-order valence-electron chi connectivity index (χ3n) is 8.04. The lowest BCUT2D eigenvalue weighted by Gasteiger charge is -2.35. The van der Waals surface area contributed by atoms with Crippen LogP contribution in [0.15, 0.2) is 59.0 Å². The fourth-order valence-corrected chi connectivity index (χ4v) is 5.83. The van der Waals surface area contributed by atoms with Gasteiger partial charge in [-0.25, -0.2) is 18.9 Å². The largest absolute Gasteiger partial charge is 0.494 e. The summed E-state index contributed by atoms with van der Waals surface area (Å²) in [5.41, 5.74) is -1.29. The van der Waals surface area contributed by atoms with Crippen molar-refractivity contribution in [1.82, 2.24) is 20.4 Å². The zero-order valence-corrected chi connectivity index (χ0v) is 23.6. The minimum atomic E-state index is -1.94. The van der Waals surface area contributed by atoms with E-state index >= 15 is 4.39 Å². The molecule has 45 heavy (non-hydrogen) atoms. The summed E-state index contributed by atoms with van der Waals surface area (Å²) in [7, 11) is 1.33. The zero-order valence-electron chi connectivity index (χ0n) is 23.6.